The minimum atomic E-state index is -3.95. The summed E-state index contributed by atoms with van der Waals surface area (Å²) in [4.78, 5) is 25.8. The van der Waals surface area contributed by atoms with E-state index in [9.17, 15) is 45.4 Å². The number of hydrogen-bond acceptors (Lipinski definition) is 5. The van der Waals surface area contributed by atoms with Crippen LogP contribution in [0.15, 0.2) is 53.3 Å². The number of carbonyl (C=O) groups is 1. The number of nitrogens with zero attached hydrogens (tertiary/aromatic N) is 2. The van der Waals surface area contributed by atoms with Gasteiger partial charge in [-0.3, -0.25) is 9.59 Å². The van der Waals surface area contributed by atoms with Gasteiger partial charge in [0.2, 0.25) is 5.60 Å². The maximum absolute atomic E-state index is 14.5. The second-order valence-corrected chi connectivity index (χ2v) is 7.66. The Hall–Kier alpha value is -3.94. The quantitative estimate of drug-likeness (QED) is 0.401. The van der Waals surface area contributed by atoms with Crippen molar-refractivity contribution in [2.45, 2.75) is 31.8 Å². The Labute approximate surface area is 204 Å². The van der Waals surface area contributed by atoms with E-state index in [1.807, 2.05) is 5.32 Å². The smallest absolute Gasteiger partial charge is 0.284 e. The van der Waals surface area contributed by atoms with E-state index in [1.165, 1.54) is 31.2 Å². The second-order valence-electron chi connectivity index (χ2n) is 7.66. The van der Waals surface area contributed by atoms with Gasteiger partial charge in [-0.15, -0.1) is 0 Å². The summed E-state index contributed by atoms with van der Waals surface area (Å²) in [7, 11) is 0. The molecule has 1 amide bonds. The predicted molar refractivity (Wildman–Crippen MR) is 116 cm³/mol. The highest BCUT2D eigenvalue weighted by Gasteiger charge is 2.49. The number of benzene rings is 2. The number of hydrogen-bond donors (Lipinski definition) is 2. The molecule has 2 N–H and O–H groups in total. The second kappa shape index (κ2) is 11.0. The maximum atomic E-state index is 14.5. The summed E-state index contributed by atoms with van der Waals surface area (Å²) < 4.78 is 97.6. The number of ether oxygens (including phenoxy) is 1. The number of nitrogens with one attached hydrogen (secondary N) is 1. The van der Waals surface area contributed by atoms with Gasteiger partial charge in [-0.25, -0.2) is 30.7 Å². The van der Waals surface area contributed by atoms with Crippen LogP contribution in [0.3, 0.4) is 0 Å². The van der Waals surface area contributed by atoms with Crippen molar-refractivity contribution >= 4 is 11.6 Å². The molecule has 0 fully saturated rings. The molecular formula is C23H18F7N3O4. The van der Waals surface area contributed by atoms with Crippen LogP contribution in [0.1, 0.15) is 21.6 Å². The molecule has 14 heteroatoms. The molecule has 1 aromatic heterocycles. The van der Waals surface area contributed by atoms with Gasteiger partial charge in [-0.05, 0) is 42.8 Å². The van der Waals surface area contributed by atoms with Crippen LogP contribution >= 0.6 is 0 Å². The molecule has 3 rings (SSSR count). The Balaban J connectivity index is 1.97. The van der Waals surface area contributed by atoms with Gasteiger partial charge in [-0.1, -0.05) is 18.2 Å². The summed E-state index contributed by atoms with van der Waals surface area (Å²) >= 11 is 0. The lowest BCUT2D eigenvalue weighted by Gasteiger charge is -2.27. The van der Waals surface area contributed by atoms with Crippen LogP contribution < -0.4 is 15.6 Å². The van der Waals surface area contributed by atoms with Crippen molar-refractivity contribution in [3.8, 4) is 11.4 Å². The van der Waals surface area contributed by atoms with Gasteiger partial charge < -0.3 is 15.2 Å². The highest BCUT2D eigenvalue weighted by atomic mass is 19.3. The summed E-state index contributed by atoms with van der Waals surface area (Å²) in [6.07, 6.45) is -10.7. The summed E-state index contributed by atoms with van der Waals surface area (Å²) in [5, 5.41) is 15.7. The fraction of sp³-hybridized carbons (Fsp3) is 0.261. The van der Waals surface area contributed by atoms with E-state index in [2.05, 4.69) is 5.10 Å². The molecule has 198 valence electrons. The summed E-state index contributed by atoms with van der Waals surface area (Å²) in [5.74, 6) is -2.76. The SMILES string of the molecule is Cc1cc(C(=O)Nc2ccc(C(O)(C(F)F)C(F)F)cc2F)c(=O)n(-c2ccccc2OCC(F)F)n1. The van der Waals surface area contributed by atoms with E-state index < -0.39 is 65.6 Å². The van der Waals surface area contributed by atoms with Crippen LogP contribution in [0.4, 0.5) is 36.4 Å². The minimum absolute atomic E-state index is 0.0697. The lowest BCUT2D eigenvalue weighted by Crippen LogP contribution is -2.41. The van der Waals surface area contributed by atoms with Crippen LogP contribution in [-0.4, -0.2) is 46.7 Å². The molecule has 0 aliphatic carbocycles. The number of aliphatic hydroxyl groups is 1. The highest BCUT2D eigenvalue weighted by molar-refractivity contribution is 6.04. The van der Waals surface area contributed by atoms with Gasteiger partial charge in [0.05, 0.1) is 11.4 Å². The topological polar surface area (TPSA) is 93.5 Å². The summed E-state index contributed by atoms with van der Waals surface area (Å²) in [5.41, 5.74) is -7.31. The monoisotopic (exact) mass is 533 g/mol. The van der Waals surface area contributed by atoms with E-state index in [0.717, 1.165) is 10.7 Å². The van der Waals surface area contributed by atoms with Gasteiger partial charge in [-0.2, -0.15) is 9.78 Å². The lowest BCUT2D eigenvalue weighted by molar-refractivity contribution is -0.183. The average molecular weight is 533 g/mol. The number of carbonyl (C=O) groups excluding carboxylic acids is 1. The van der Waals surface area contributed by atoms with Gasteiger partial charge in [0.15, 0.2) is 0 Å². The zero-order valence-electron chi connectivity index (χ0n) is 18.8. The van der Waals surface area contributed by atoms with Crippen molar-refractivity contribution in [3.63, 3.8) is 0 Å². The van der Waals surface area contributed by atoms with Crippen LogP contribution in [0.25, 0.3) is 5.69 Å². The van der Waals surface area contributed by atoms with Crippen molar-refractivity contribution in [2.24, 2.45) is 0 Å². The Morgan fingerprint density at radius 1 is 1.08 bits per heavy atom. The first-order chi connectivity index (χ1) is 17.4. The highest BCUT2D eigenvalue weighted by Crippen LogP contribution is 2.36. The zero-order chi connectivity index (χ0) is 27.5. The number of rotatable bonds is 9. The molecule has 0 aliphatic heterocycles. The van der Waals surface area contributed by atoms with Crippen molar-refractivity contribution in [1.29, 1.82) is 0 Å². The van der Waals surface area contributed by atoms with Crippen molar-refractivity contribution in [3.05, 3.63) is 81.5 Å². The van der Waals surface area contributed by atoms with Crippen molar-refractivity contribution in [1.82, 2.24) is 9.78 Å². The molecule has 0 spiro atoms. The number of para-hydroxylation sites is 2. The van der Waals surface area contributed by atoms with E-state index in [4.69, 9.17) is 4.74 Å². The third kappa shape index (κ3) is 5.74. The zero-order valence-corrected chi connectivity index (χ0v) is 18.8. The van der Waals surface area contributed by atoms with Crippen LogP contribution in [0.5, 0.6) is 5.75 Å². The predicted octanol–water partition coefficient (Wildman–Crippen LogP) is 4.29. The van der Waals surface area contributed by atoms with E-state index in [0.29, 0.717) is 12.1 Å². The van der Waals surface area contributed by atoms with Crippen LogP contribution in [0.2, 0.25) is 0 Å². The molecule has 3 aromatic rings. The first-order valence-corrected chi connectivity index (χ1v) is 10.4. The average Bonchev–Trinajstić information content (AvgIpc) is 2.84. The number of halogens is 7. The van der Waals surface area contributed by atoms with Crippen molar-refractivity contribution in [2.75, 3.05) is 11.9 Å². The number of alkyl halides is 6. The Bertz CT molecular complexity index is 1340. The number of amides is 1. The number of aryl methyl sites for hydroxylation is 1. The van der Waals surface area contributed by atoms with Crippen LogP contribution in [0, 0.1) is 12.7 Å². The fourth-order valence-electron chi connectivity index (χ4n) is 3.25. The molecule has 0 aliphatic rings. The first-order valence-electron chi connectivity index (χ1n) is 10.4. The standard InChI is InChI=1S/C23H18F7N3O4/c1-11-8-13(20(35)33(32-11)16-4-2-3-5-17(16)37-10-18(25)26)19(34)31-15-7-6-12(9-14(15)24)23(36,21(27)28)22(29)30/h2-9,18,21-22,36H,10H2,1H3,(H,31,34). The Kier molecular flexibility index (Phi) is 8.21. The van der Waals surface area contributed by atoms with Crippen LogP contribution in [-0.2, 0) is 5.60 Å². The maximum Gasteiger partial charge on any atom is 0.284 e. The molecule has 2 aromatic carbocycles. The third-order valence-corrected chi connectivity index (χ3v) is 5.08. The molecule has 37 heavy (non-hydrogen) atoms. The largest absolute Gasteiger partial charge is 0.485 e. The molecule has 1 heterocycles. The van der Waals surface area contributed by atoms with Gasteiger partial charge >= 0.3 is 0 Å². The number of aromatic nitrogens is 2. The molecule has 0 saturated carbocycles. The molecule has 0 atom stereocenters. The molecule has 0 unspecified atom stereocenters. The Morgan fingerprint density at radius 2 is 1.73 bits per heavy atom. The van der Waals surface area contributed by atoms with Crippen molar-refractivity contribution < 1.29 is 45.4 Å². The molecule has 0 radical (unpaired) electrons. The normalized spacial score (nSPS) is 11.9. The fourth-order valence-corrected chi connectivity index (χ4v) is 3.25. The van der Waals surface area contributed by atoms with Gasteiger partial charge in [0.25, 0.3) is 30.7 Å². The molecule has 0 saturated heterocycles. The number of anilines is 1. The molecule has 0 bridgehead atoms. The molecular weight excluding hydrogens is 515 g/mol. The van der Waals surface area contributed by atoms with Gasteiger partial charge in [0.1, 0.15) is 29.4 Å². The minimum Gasteiger partial charge on any atom is -0.485 e. The van der Waals surface area contributed by atoms with E-state index in [-0.39, 0.29) is 23.2 Å². The first kappa shape index (κ1) is 27.6. The summed E-state index contributed by atoms with van der Waals surface area (Å²) in [6, 6.07) is 8.02. The van der Waals surface area contributed by atoms with E-state index >= 15 is 0 Å². The lowest BCUT2D eigenvalue weighted by atomic mass is 9.94. The van der Waals surface area contributed by atoms with E-state index in [1.54, 1.807) is 0 Å². The van der Waals surface area contributed by atoms with Gasteiger partial charge in [0, 0.05) is 0 Å². The Morgan fingerprint density at radius 3 is 2.32 bits per heavy atom. The molecule has 7 nitrogen and oxygen atoms in total. The summed E-state index contributed by atoms with van der Waals surface area (Å²) in [6.45, 7) is 0.423. The third-order valence-electron chi connectivity index (χ3n) is 5.08.